The van der Waals surface area contributed by atoms with Crippen LogP contribution in [0.2, 0.25) is 0 Å². The Morgan fingerprint density at radius 2 is 1.88 bits per heavy atom. The van der Waals surface area contributed by atoms with Crippen LogP contribution >= 0.6 is 0 Å². The number of nitrogens with zero attached hydrogens (tertiary/aromatic N) is 3. The van der Waals surface area contributed by atoms with Crippen molar-refractivity contribution in [3.63, 3.8) is 0 Å². The number of amides is 1. The standard InChI is InChI=1S/C27H29N3O4/c1-29(18-24-23-10-5-4-7-19(23)15-21(17-28)26(24)33-3)27(31)25(30-11-13-34-14-12-30)20-8-6-9-22(16-20)32-2/h4-10,15-16,25H,11-14,18H2,1-3H3. The molecule has 0 N–H and O–H groups in total. The predicted octanol–water partition coefficient (Wildman–Crippen LogP) is 3.76. The van der Waals surface area contributed by atoms with Gasteiger partial charge in [-0.3, -0.25) is 9.69 Å². The molecule has 176 valence electrons. The number of carbonyl (C=O) groups excluding carboxylic acids is 1. The number of methoxy groups -OCH3 is 2. The molecule has 0 radical (unpaired) electrons. The number of fused-ring (bicyclic) bond motifs is 1. The minimum Gasteiger partial charge on any atom is -0.497 e. The molecule has 0 spiro atoms. The van der Waals surface area contributed by atoms with Gasteiger partial charge in [0.15, 0.2) is 0 Å². The number of carbonyl (C=O) groups is 1. The molecule has 1 saturated heterocycles. The Morgan fingerprint density at radius 1 is 1.12 bits per heavy atom. The maximum Gasteiger partial charge on any atom is 0.244 e. The normalized spacial score (nSPS) is 14.9. The number of morpholine rings is 1. The second-order valence-electron chi connectivity index (χ2n) is 8.29. The summed E-state index contributed by atoms with van der Waals surface area (Å²) in [5.74, 6) is 1.18. The van der Waals surface area contributed by atoms with Crippen LogP contribution in [0.1, 0.15) is 22.7 Å². The molecule has 7 nitrogen and oxygen atoms in total. The van der Waals surface area contributed by atoms with Crippen molar-refractivity contribution >= 4 is 16.7 Å². The lowest BCUT2D eigenvalue weighted by atomic mass is 9.98. The Hall–Kier alpha value is -3.60. The summed E-state index contributed by atoms with van der Waals surface area (Å²) in [6, 6.07) is 19.1. The molecule has 3 aromatic rings. The molecule has 1 amide bonds. The van der Waals surface area contributed by atoms with Crippen LogP contribution in [0.25, 0.3) is 10.8 Å². The third-order valence-corrected chi connectivity index (χ3v) is 6.25. The van der Waals surface area contributed by atoms with Gasteiger partial charge in [0.1, 0.15) is 23.6 Å². The minimum absolute atomic E-state index is 0.0383. The number of benzene rings is 3. The van der Waals surface area contributed by atoms with Gasteiger partial charge in [0, 0.05) is 32.2 Å². The summed E-state index contributed by atoms with van der Waals surface area (Å²) < 4.78 is 16.6. The Labute approximate surface area is 200 Å². The lowest BCUT2D eigenvalue weighted by molar-refractivity contribution is -0.138. The van der Waals surface area contributed by atoms with Crippen molar-refractivity contribution in [1.82, 2.24) is 9.80 Å². The van der Waals surface area contributed by atoms with E-state index >= 15 is 0 Å². The molecule has 1 unspecified atom stereocenters. The van der Waals surface area contributed by atoms with E-state index < -0.39 is 6.04 Å². The molecule has 3 aromatic carbocycles. The molecule has 0 aliphatic carbocycles. The highest BCUT2D eigenvalue weighted by molar-refractivity contribution is 5.91. The average molecular weight is 460 g/mol. The van der Waals surface area contributed by atoms with E-state index in [1.165, 1.54) is 0 Å². The fourth-order valence-corrected chi connectivity index (χ4v) is 4.56. The fourth-order valence-electron chi connectivity index (χ4n) is 4.56. The Balaban J connectivity index is 1.72. The van der Waals surface area contributed by atoms with Gasteiger partial charge in [-0.05, 0) is 34.5 Å². The molecule has 0 saturated carbocycles. The van der Waals surface area contributed by atoms with Gasteiger partial charge < -0.3 is 19.1 Å². The summed E-state index contributed by atoms with van der Waals surface area (Å²) in [6.07, 6.45) is 0. The zero-order chi connectivity index (χ0) is 24.1. The first-order chi connectivity index (χ1) is 16.6. The second-order valence-corrected chi connectivity index (χ2v) is 8.29. The van der Waals surface area contributed by atoms with E-state index in [0.29, 0.717) is 49.9 Å². The van der Waals surface area contributed by atoms with Gasteiger partial charge in [0.25, 0.3) is 0 Å². The molecule has 34 heavy (non-hydrogen) atoms. The SMILES string of the molecule is COc1cccc(C(C(=O)N(C)Cc2c(OC)c(C#N)cc3ccccc23)N2CCOCC2)c1. The molecule has 0 aromatic heterocycles. The quantitative estimate of drug-likeness (QED) is 0.536. The van der Waals surface area contributed by atoms with Crippen molar-refractivity contribution in [1.29, 1.82) is 5.26 Å². The summed E-state index contributed by atoms with van der Waals surface area (Å²) in [5, 5.41) is 11.6. The summed E-state index contributed by atoms with van der Waals surface area (Å²) in [7, 11) is 4.97. The topological polar surface area (TPSA) is 75.0 Å². The van der Waals surface area contributed by atoms with Crippen LogP contribution in [-0.4, -0.2) is 63.3 Å². The maximum atomic E-state index is 13.9. The van der Waals surface area contributed by atoms with Gasteiger partial charge in [-0.25, -0.2) is 0 Å². The highest BCUT2D eigenvalue weighted by Gasteiger charge is 2.32. The fraction of sp³-hybridized carbons (Fsp3) is 0.333. The van der Waals surface area contributed by atoms with E-state index in [1.807, 2.05) is 54.6 Å². The first-order valence-corrected chi connectivity index (χ1v) is 11.3. The highest BCUT2D eigenvalue weighted by Crippen LogP contribution is 2.34. The van der Waals surface area contributed by atoms with E-state index in [9.17, 15) is 10.1 Å². The molecule has 1 aliphatic heterocycles. The van der Waals surface area contributed by atoms with E-state index in [4.69, 9.17) is 14.2 Å². The molecular formula is C27H29N3O4. The highest BCUT2D eigenvalue weighted by atomic mass is 16.5. The number of ether oxygens (including phenoxy) is 3. The number of likely N-dealkylation sites (N-methyl/N-ethyl adjacent to an activating group) is 1. The van der Waals surface area contributed by atoms with Gasteiger partial charge in [-0.1, -0.05) is 36.4 Å². The first-order valence-electron chi connectivity index (χ1n) is 11.3. The van der Waals surface area contributed by atoms with E-state index in [2.05, 4.69) is 11.0 Å². The predicted molar refractivity (Wildman–Crippen MR) is 130 cm³/mol. The van der Waals surface area contributed by atoms with Crippen LogP contribution in [0.4, 0.5) is 0 Å². The monoisotopic (exact) mass is 459 g/mol. The van der Waals surface area contributed by atoms with Crippen molar-refractivity contribution in [3.8, 4) is 17.6 Å². The van der Waals surface area contributed by atoms with Crippen LogP contribution in [0.15, 0.2) is 54.6 Å². The van der Waals surface area contributed by atoms with Gasteiger partial charge in [0.2, 0.25) is 5.91 Å². The zero-order valence-corrected chi connectivity index (χ0v) is 19.8. The van der Waals surface area contributed by atoms with Gasteiger partial charge >= 0.3 is 0 Å². The summed E-state index contributed by atoms with van der Waals surface area (Å²) in [6.45, 7) is 2.80. The largest absolute Gasteiger partial charge is 0.497 e. The molecule has 1 fully saturated rings. The van der Waals surface area contributed by atoms with E-state index in [1.54, 1.807) is 26.2 Å². The Morgan fingerprint density at radius 3 is 2.59 bits per heavy atom. The molecule has 1 atom stereocenters. The average Bonchev–Trinajstić information content (AvgIpc) is 2.89. The van der Waals surface area contributed by atoms with Crippen molar-refractivity contribution in [2.24, 2.45) is 0 Å². The number of hydrogen-bond acceptors (Lipinski definition) is 6. The second kappa shape index (κ2) is 10.6. The van der Waals surface area contributed by atoms with Crippen LogP contribution in [0.5, 0.6) is 11.5 Å². The molecular weight excluding hydrogens is 430 g/mol. The Kier molecular flexibility index (Phi) is 7.31. The third kappa shape index (κ3) is 4.69. The summed E-state index contributed by atoms with van der Waals surface area (Å²) in [4.78, 5) is 17.8. The minimum atomic E-state index is -0.472. The van der Waals surface area contributed by atoms with Gasteiger partial charge in [0.05, 0.1) is 33.0 Å². The van der Waals surface area contributed by atoms with E-state index in [0.717, 1.165) is 21.9 Å². The van der Waals surface area contributed by atoms with Crippen molar-refractivity contribution in [2.75, 3.05) is 47.6 Å². The summed E-state index contributed by atoms with van der Waals surface area (Å²) in [5.41, 5.74) is 2.15. The maximum absolute atomic E-state index is 13.9. The lowest BCUT2D eigenvalue weighted by Gasteiger charge is -2.36. The molecule has 4 rings (SSSR count). The van der Waals surface area contributed by atoms with Crippen LogP contribution in [0, 0.1) is 11.3 Å². The van der Waals surface area contributed by atoms with Gasteiger partial charge in [-0.15, -0.1) is 0 Å². The van der Waals surface area contributed by atoms with Crippen molar-refractivity contribution in [2.45, 2.75) is 12.6 Å². The van der Waals surface area contributed by atoms with Crippen LogP contribution in [-0.2, 0) is 16.1 Å². The smallest absolute Gasteiger partial charge is 0.244 e. The number of hydrogen-bond donors (Lipinski definition) is 0. The van der Waals surface area contributed by atoms with Crippen molar-refractivity contribution < 1.29 is 19.0 Å². The third-order valence-electron chi connectivity index (χ3n) is 6.25. The first kappa shape index (κ1) is 23.6. The molecule has 7 heteroatoms. The molecule has 1 heterocycles. The Bertz CT molecular complexity index is 1210. The zero-order valence-electron chi connectivity index (χ0n) is 19.8. The van der Waals surface area contributed by atoms with E-state index in [-0.39, 0.29) is 5.91 Å². The summed E-state index contributed by atoms with van der Waals surface area (Å²) >= 11 is 0. The number of nitriles is 1. The van der Waals surface area contributed by atoms with Gasteiger partial charge in [-0.2, -0.15) is 5.26 Å². The molecule has 0 bridgehead atoms. The van der Waals surface area contributed by atoms with Crippen molar-refractivity contribution in [3.05, 3.63) is 71.3 Å². The molecule has 1 aliphatic rings. The van der Waals surface area contributed by atoms with Crippen LogP contribution < -0.4 is 9.47 Å². The van der Waals surface area contributed by atoms with Crippen LogP contribution in [0.3, 0.4) is 0 Å². The number of rotatable bonds is 7. The lowest BCUT2D eigenvalue weighted by Crippen LogP contribution is -2.46.